The average Bonchev–Trinajstić information content (AvgIpc) is 2.08. The van der Waals surface area contributed by atoms with E-state index in [9.17, 15) is 0 Å². The molecule has 1 heterocycles. The van der Waals surface area contributed by atoms with E-state index in [1.54, 1.807) is 0 Å². The fourth-order valence-electron chi connectivity index (χ4n) is 1.54. The Kier molecular flexibility index (Phi) is 2.73. The van der Waals surface area contributed by atoms with E-state index in [-0.39, 0.29) is 0 Å². The van der Waals surface area contributed by atoms with E-state index in [1.807, 2.05) is 0 Å². The highest BCUT2D eigenvalue weighted by atomic mass is 16.5. The Balaban J connectivity index is 1.96. The first-order chi connectivity index (χ1) is 6.75. The van der Waals surface area contributed by atoms with Gasteiger partial charge in [-0.05, 0) is 31.0 Å². The van der Waals surface area contributed by atoms with E-state index < -0.39 is 0 Å². The summed E-state index contributed by atoms with van der Waals surface area (Å²) in [7, 11) is 0. The lowest BCUT2D eigenvalue weighted by Gasteiger charge is -2.27. The first-order valence-electron chi connectivity index (χ1n) is 5.16. The highest BCUT2D eigenvalue weighted by Crippen LogP contribution is 2.20. The zero-order valence-corrected chi connectivity index (χ0v) is 8.84. The molecular weight excluding hydrogens is 174 g/mol. The molecule has 1 saturated heterocycles. The summed E-state index contributed by atoms with van der Waals surface area (Å²) < 4.78 is 5.78. The van der Waals surface area contributed by atoms with Gasteiger partial charge >= 0.3 is 0 Å². The van der Waals surface area contributed by atoms with Crippen molar-refractivity contribution in [1.29, 1.82) is 0 Å². The highest BCUT2D eigenvalue weighted by molar-refractivity contribution is 5.35. The van der Waals surface area contributed by atoms with Crippen LogP contribution >= 0.6 is 0 Å². The predicted molar refractivity (Wildman–Crippen MR) is 57.8 cm³/mol. The number of ether oxygens (including phenoxy) is 1. The van der Waals surface area contributed by atoms with E-state index in [0.29, 0.717) is 5.92 Å². The van der Waals surface area contributed by atoms with Crippen LogP contribution in [0.5, 0.6) is 5.75 Å². The Labute approximate surface area is 85.3 Å². The topological polar surface area (TPSA) is 21.3 Å². The summed E-state index contributed by atoms with van der Waals surface area (Å²) >= 11 is 0. The van der Waals surface area contributed by atoms with Gasteiger partial charge in [0.25, 0.3) is 0 Å². The maximum atomic E-state index is 5.78. The van der Waals surface area contributed by atoms with Crippen LogP contribution in [0.25, 0.3) is 0 Å². The molecule has 0 amide bonds. The average molecular weight is 191 g/mol. The van der Waals surface area contributed by atoms with Crippen molar-refractivity contribution in [2.75, 3.05) is 19.7 Å². The van der Waals surface area contributed by atoms with Crippen LogP contribution in [0.3, 0.4) is 0 Å². The van der Waals surface area contributed by atoms with Crippen molar-refractivity contribution >= 4 is 0 Å². The molecule has 1 aromatic carbocycles. The Morgan fingerprint density at radius 3 is 2.79 bits per heavy atom. The van der Waals surface area contributed by atoms with Gasteiger partial charge in [0.05, 0.1) is 6.61 Å². The zero-order valence-electron chi connectivity index (χ0n) is 8.84. The molecule has 1 N–H and O–H groups in total. The van der Waals surface area contributed by atoms with E-state index in [1.165, 1.54) is 11.1 Å². The standard InChI is InChI=1S/C12H17NO/c1-9-3-4-10(2)12(5-9)14-8-11-6-13-7-11/h3-5,11,13H,6-8H2,1-2H3. The molecule has 1 fully saturated rings. The summed E-state index contributed by atoms with van der Waals surface area (Å²) in [5, 5.41) is 3.24. The smallest absolute Gasteiger partial charge is 0.122 e. The molecular formula is C12H17NO. The molecule has 76 valence electrons. The van der Waals surface area contributed by atoms with Crippen molar-refractivity contribution in [3.8, 4) is 5.75 Å². The van der Waals surface area contributed by atoms with Crippen LogP contribution in [0, 0.1) is 19.8 Å². The zero-order chi connectivity index (χ0) is 9.97. The second kappa shape index (κ2) is 4.01. The van der Waals surface area contributed by atoms with Crippen LogP contribution < -0.4 is 10.1 Å². The minimum Gasteiger partial charge on any atom is -0.493 e. The number of hydrogen-bond donors (Lipinski definition) is 1. The highest BCUT2D eigenvalue weighted by Gasteiger charge is 2.17. The maximum absolute atomic E-state index is 5.78. The van der Waals surface area contributed by atoms with Crippen LogP contribution in [0.15, 0.2) is 18.2 Å². The van der Waals surface area contributed by atoms with Gasteiger partial charge < -0.3 is 10.1 Å². The largest absolute Gasteiger partial charge is 0.493 e. The van der Waals surface area contributed by atoms with Gasteiger partial charge in [-0.3, -0.25) is 0 Å². The van der Waals surface area contributed by atoms with Crippen LogP contribution in [0.4, 0.5) is 0 Å². The van der Waals surface area contributed by atoms with E-state index >= 15 is 0 Å². The quantitative estimate of drug-likeness (QED) is 0.788. The summed E-state index contributed by atoms with van der Waals surface area (Å²) in [4.78, 5) is 0. The van der Waals surface area contributed by atoms with Crippen LogP contribution in [0.1, 0.15) is 11.1 Å². The molecule has 0 spiro atoms. The number of hydrogen-bond acceptors (Lipinski definition) is 2. The third kappa shape index (κ3) is 2.07. The van der Waals surface area contributed by atoms with Crippen LogP contribution in [-0.4, -0.2) is 19.7 Å². The number of nitrogens with one attached hydrogen (secondary N) is 1. The molecule has 0 saturated carbocycles. The molecule has 2 heteroatoms. The molecule has 0 aliphatic carbocycles. The second-order valence-corrected chi connectivity index (χ2v) is 4.10. The van der Waals surface area contributed by atoms with Gasteiger partial charge in [0.1, 0.15) is 5.75 Å². The van der Waals surface area contributed by atoms with Gasteiger partial charge in [0.2, 0.25) is 0 Å². The first-order valence-corrected chi connectivity index (χ1v) is 5.16. The SMILES string of the molecule is Cc1ccc(C)c(OCC2CNC2)c1. The fourth-order valence-corrected chi connectivity index (χ4v) is 1.54. The van der Waals surface area contributed by atoms with E-state index in [2.05, 4.69) is 37.4 Å². The van der Waals surface area contributed by atoms with Gasteiger partial charge in [-0.15, -0.1) is 0 Å². The first kappa shape index (κ1) is 9.53. The molecule has 1 aromatic rings. The Hall–Kier alpha value is -1.02. The third-order valence-electron chi connectivity index (χ3n) is 2.68. The summed E-state index contributed by atoms with van der Waals surface area (Å²) in [6.07, 6.45) is 0. The minimum absolute atomic E-state index is 0.704. The van der Waals surface area contributed by atoms with Gasteiger partial charge in [-0.2, -0.15) is 0 Å². The van der Waals surface area contributed by atoms with Gasteiger partial charge in [-0.1, -0.05) is 12.1 Å². The Morgan fingerprint density at radius 1 is 1.36 bits per heavy atom. The Morgan fingerprint density at radius 2 is 2.14 bits per heavy atom. The molecule has 0 unspecified atom stereocenters. The summed E-state index contributed by atoms with van der Waals surface area (Å²) in [5.41, 5.74) is 2.49. The molecule has 1 aliphatic heterocycles. The molecule has 0 bridgehead atoms. The number of aryl methyl sites for hydroxylation is 2. The molecule has 2 nitrogen and oxygen atoms in total. The Bertz CT molecular complexity index is 318. The molecule has 2 rings (SSSR count). The van der Waals surface area contributed by atoms with Crippen molar-refractivity contribution in [3.05, 3.63) is 29.3 Å². The normalized spacial score (nSPS) is 16.4. The third-order valence-corrected chi connectivity index (χ3v) is 2.68. The van der Waals surface area contributed by atoms with Crippen LogP contribution in [-0.2, 0) is 0 Å². The van der Waals surface area contributed by atoms with Crippen molar-refractivity contribution < 1.29 is 4.74 Å². The minimum atomic E-state index is 0.704. The van der Waals surface area contributed by atoms with Gasteiger partial charge in [0.15, 0.2) is 0 Å². The predicted octanol–water partition coefficient (Wildman–Crippen LogP) is 1.90. The summed E-state index contributed by atoms with van der Waals surface area (Å²) in [5.74, 6) is 1.74. The van der Waals surface area contributed by atoms with Crippen LogP contribution in [0.2, 0.25) is 0 Å². The summed E-state index contributed by atoms with van der Waals surface area (Å²) in [6, 6.07) is 6.35. The maximum Gasteiger partial charge on any atom is 0.122 e. The van der Waals surface area contributed by atoms with E-state index in [4.69, 9.17) is 4.74 Å². The monoisotopic (exact) mass is 191 g/mol. The van der Waals surface area contributed by atoms with Crippen molar-refractivity contribution in [2.45, 2.75) is 13.8 Å². The van der Waals surface area contributed by atoms with Gasteiger partial charge in [0, 0.05) is 19.0 Å². The molecule has 0 radical (unpaired) electrons. The lowest BCUT2D eigenvalue weighted by atomic mass is 10.1. The van der Waals surface area contributed by atoms with Crippen molar-refractivity contribution in [2.24, 2.45) is 5.92 Å². The molecule has 0 aromatic heterocycles. The van der Waals surface area contributed by atoms with E-state index in [0.717, 1.165) is 25.4 Å². The van der Waals surface area contributed by atoms with Crippen molar-refractivity contribution in [3.63, 3.8) is 0 Å². The molecule has 0 atom stereocenters. The lowest BCUT2D eigenvalue weighted by Crippen LogP contribution is -2.45. The summed E-state index contributed by atoms with van der Waals surface area (Å²) in [6.45, 7) is 7.23. The molecule has 1 aliphatic rings. The number of rotatable bonds is 3. The lowest BCUT2D eigenvalue weighted by molar-refractivity contribution is 0.198. The fraction of sp³-hybridized carbons (Fsp3) is 0.500. The number of benzene rings is 1. The second-order valence-electron chi connectivity index (χ2n) is 4.10. The van der Waals surface area contributed by atoms with Gasteiger partial charge in [-0.25, -0.2) is 0 Å². The van der Waals surface area contributed by atoms with Crippen molar-refractivity contribution in [1.82, 2.24) is 5.32 Å². The molecule has 14 heavy (non-hydrogen) atoms.